The third kappa shape index (κ3) is 2.25. The number of halogens is 1. The van der Waals surface area contributed by atoms with Crippen molar-refractivity contribution in [2.24, 2.45) is 0 Å². The fourth-order valence-corrected chi connectivity index (χ4v) is 1.27. The molecular weight excluding hydrogens is 225 g/mol. The minimum Gasteiger partial charge on any atom is -0.434 e. The van der Waals surface area contributed by atoms with Gasteiger partial charge >= 0.3 is 0 Å². The van der Waals surface area contributed by atoms with Crippen LogP contribution < -0.4 is 16.0 Å². The Hall–Kier alpha value is -2.37. The molecular formula is C11H10FN3O2. The molecule has 0 unspecified atom stereocenters. The van der Waals surface area contributed by atoms with E-state index in [9.17, 15) is 9.18 Å². The van der Waals surface area contributed by atoms with E-state index in [2.05, 4.69) is 9.97 Å². The van der Waals surface area contributed by atoms with Crippen LogP contribution in [0.5, 0.6) is 11.6 Å². The zero-order valence-electron chi connectivity index (χ0n) is 9.03. The van der Waals surface area contributed by atoms with Gasteiger partial charge in [-0.3, -0.25) is 4.79 Å². The van der Waals surface area contributed by atoms with Gasteiger partial charge in [0.2, 0.25) is 5.88 Å². The van der Waals surface area contributed by atoms with Crippen LogP contribution in [0.1, 0.15) is 5.56 Å². The van der Waals surface area contributed by atoms with Gasteiger partial charge in [0.1, 0.15) is 0 Å². The van der Waals surface area contributed by atoms with Crippen molar-refractivity contribution in [1.29, 1.82) is 0 Å². The van der Waals surface area contributed by atoms with E-state index >= 15 is 0 Å². The summed E-state index contributed by atoms with van der Waals surface area (Å²) >= 11 is 0. The molecule has 0 fully saturated rings. The summed E-state index contributed by atoms with van der Waals surface area (Å²) in [7, 11) is 0. The molecule has 17 heavy (non-hydrogen) atoms. The Morgan fingerprint density at radius 3 is 3.00 bits per heavy atom. The highest BCUT2D eigenvalue weighted by molar-refractivity contribution is 5.47. The maximum absolute atomic E-state index is 13.4. The van der Waals surface area contributed by atoms with Crippen molar-refractivity contribution in [1.82, 2.24) is 9.97 Å². The SMILES string of the molecule is Cc1ccc(F)c(Oc2nc[nH]c(=O)c2N)c1. The molecule has 0 aliphatic heterocycles. The Bertz CT molecular complexity index is 610. The molecule has 0 radical (unpaired) electrons. The van der Waals surface area contributed by atoms with E-state index in [1.54, 1.807) is 13.0 Å². The lowest BCUT2D eigenvalue weighted by atomic mass is 10.2. The van der Waals surface area contributed by atoms with Crippen LogP contribution in [-0.2, 0) is 0 Å². The molecule has 0 amide bonds. The predicted molar refractivity (Wildman–Crippen MR) is 60.5 cm³/mol. The van der Waals surface area contributed by atoms with Crippen molar-refractivity contribution in [3.05, 3.63) is 46.3 Å². The quantitative estimate of drug-likeness (QED) is 0.828. The summed E-state index contributed by atoms with van der Waals surface area (Å²) in [5.41, 5.74) is 5.58. The van der Waals surface area contributed by atoms with Crippen LogP contribution in [0, 0.1) is 12.7 Å². The third-order valence-corrected chi connectivity index (χ3v) is 2.15. The Kier molecular flexibility index (Phi) is 2.78. The number of ether oxygens (including phenoxy) is 1. The number of aromatic nitrogens is 2. The molecule has 0 bridgehead atoms. The van der Waals surface area contributed by atoms with Crippen LogP contribution in [-0.4, -0.2) is 9.97 Å². The number of nitrogens with zero attached hydrogens (tertiary/aromatic N) is 1. The molecule has 1 aromatic heterocycles. The van der Waals surface area contributed by atoms with E-state index in [1.165, 1.54) is 12.1 Å². The highest BCUT2D eigenvalue weighted by atomic mass is 19.1. The van der Waals surface area contributed by atoms with Gasteiger partial charge in [-0.05, 0) is 24.6 Å². The number of H-pyrrole nitrogens is 1. The van der Waals surface area contributed by atoms with Crippen LogP contribution in [0.4, 0.5) is 10.1 Å². The number of nitrogen functional groups attached to an aromatic ring is 1. The molecule has 6 heteroatoms. The normalized spacial score (nSPS) is 10.2. The van der Waals surface area contributed by atoms with E-state index in [0.717, 1.165) is 11.9 Å². The summed E-state index contributed by atoms with van der Waals surface area (Å²) < 4.78 is 18.6. The van der Waals surface area contributed by atoms with Crippen LogP contribution >= 0.6 is 0 Å². The standard InChI is InChI=1S/C11H10FN3O2/c1-6-2-3-7(12)8(4-6)17-11-9(13)10(16)14-5-15-11/h2-5H,13H2,1H3,(H,14,15,16). The van der Waals surface area contributed by atoms with E-state index in [-0.39, 0.29) is 17.3 Å². The number of nitrogens with two attached hydrogens (primary N) is 1. The van der Waals surface area contributed by atoms with Crippen molar-refractivity contribution in [3.63, 3.8) is 0 Å². The first kappa shape index (κ1) is 11.1. The fourth-order valence-electron chi connectivity index (χ4n) is 1.27. The third-order valence-electron chi connectivity index (χ3n) is 2.15. The van der Waals surface area contributed by atoms with Gasteiger partial charge in [0.25, 0.3) is 5.56 Å². The number of aromatic amines is 1. The Labute approximate surface area is 96.1 Å². The number of nitrogens with one attached hydrogen (secondary N) is 1. The Morgan fingerprint density at radius 2 is 2.24 bits per heavy atom. The van der Waals surface area contributed by atoms with Crippen LogP contribution in [0.3, 0.4) is 0 Å². The zero-order valence-corrected chi connectivity index (χ0v) is 9.03. The smallest absolute Gasteiger partial charge is 0.277 e. The monoisotopic (exact) mass is 235 g/mol. The molecule has 1 heterocycles. The number of rotatable bonds is 2. The van der Waals surface area contributed by atoms with Gasteiger partial charge < -0.3 is 15.5 Å². The highest BCUT2D eigenvalue weighted by Crippen LogP contribution is 2.25. The molecule has 0 saturated carbocycles. The lowest BCUT2D eigenvalue weighted by Crippen LogP contribution is -2.13. The maximum Gasteiger partial charge on any atom is 0.277 e. The fraction of sp³-hybridized carbons (Fsp3) is 0.0909. The van der Waals surface area contributed by atoms with E-state index in [1.807, 2.05) is 0 Å². The molecule has 2 rings (SSSR count). The largest absolute Gasteiger partial charge is 0.434 e. The average Bonchev–Trinajstić information content (AvgIpc) is 2.30. The Morgan fingerprint density at radius 1 is 1.47 bits per heavy atom. The molecule has 0 spiro atoms. The second-order valence-electron chi connectivity index (χ2n) is 3.49. The summed E-state index contributed by atoms with van der Waals surface area (Å²) in [5.74, 6) is -0.676. The van der Waals surface area contributed by atoms with Crippen LogP contribution in [0.25, 0.3) is 0 Å². The molecule has 2 aromatic rings. The van der Waals surface area contributed by atoms with Crippen LogP contribution in [0.2, 0.25) is 0 Å². The number of hydrogen-bond donors (Lipinski definition) is 2. The van der Waals surface area contributed by atoms with Crippen molar-refractivity contribution < 1.29 is 9.13 Å². The first-order chi connectivity index (χ1) is 8.08. The second-order valence-corrected chi connectivity index (χ2v) is 3.49. The van der Waals surface area contributed by atoms with Crippen LogP contribution in [0.15, 0.2) is 29.3 Å². The predicted octanol–water partition coefficient (Wildman–Crippen LogP) is 1.59. The number of aryl methyl sites for hydroxylation is 1. The van der Waals surface area contributed by atoms with Crippen molar-refractivity contribution >= 4 is 5.69 Å². The highest BCUT2D eigenvalue weighted by Gasteiger charge is 2.10. The van der Waals surface area contributed by atoms with Gasteiger partial charge in [0.15, 0.2) is 17.3 Å². The zero-order chi connectivity index (χ0) is 12.4. The van der Waals surface area contributed by atoms with Crippen molar-refractivity contribution in [2.75, 3.05) is 5.73 Å². The number of benzene rings is 1. The molecule has 0 atom stereocenters. The van der Waals surface area contributed by atoms with Gasteiger partial charge in [0.05, 0.1) is 6.33 Å². The summed E-state index contributed by atoms with van der Waals surface area (Å²) in [4.78, 5) is 17.2. The van der Waals surface area contributed by atoms with Crippen molar-refractivity contribution in [2.45, 2.75) is 6.92 Å². The number of anilines is 1. The first-order valence-electron chi connectivity index (χ1n) is 4.85. The number of hydrogen-bond acceptors (Lipinski definition) is 4. The summed E-state index contributed by atoms with van der Waals surface area (Å²) in [6.45, 7) is 1.79. The summed E-state index contributed by atoms with van der Waals surface area (Å²) in [5, 5.41) is 0. The van der Waals surface area contributed by atoms with E-state index in [0.29, 0.717) is 0 Å². The van der Waals surface area contributed by atoms with Gasteiger partial charge in [-0.15, -0.1) is 0 Å². The maximum atomic E-state index is 13.4. The minimum absolute atomic E-state index is 0.0187. The molecule has 5 nitrogen and oxygen atoms in total. The van der Waals surface area contributed by atoms with Gasteiger partial charge in [-0.2, -0.15) is 0 Å². The summed E-state index contributed by atoms with van der Waals surface area (Å²) in [6.07, 6.45) is 1.14. The average molecular weight is 235 g/mol. The van der Waals surface area contributed by atoms with Gasteiger partial charge in [-0.1, -0.05) is 6.07 Å². The topological polar surface area (TPSA) is 81.0 Å². The molecule has 0 aliphatic rings. The molecule has 3 N–H and O–H groups in total. The van der Waals surface area contributed by atoms with E-state index < -0.39 is 11.4 Å². The van der Waals surface area contributed by atoms with E-state index in [4.69, 9.17) is 10.5 Å². The Balaban J connectivity index is 2.41. The summed E-state index contributed by atoms with van der Waals surface area (Å²) in [6, 6.07) is 4.38. The second kappa shape index (κ2) is 4.25. The molecule has 0 aliphatic carbocycles. The minimum atomic E-state index is -0.544. The molecule has 1 aromatic carbocycles. The van der Waals surface area contributed by atoms with Crippen molar-refractivity contribution in [3.8, 4) is 11.6 Å². The van der Waals surface area contributed by atoms with Gasteiger partial charge in [-0.25, -0.2) is 9.37 Å². The molecule has 0 saturated heterocycles. The first-order valence-corrected chi connectivity index (χ1v) is 4.85. The lowest BCUT2D eigenvalue weighted by molar-refractivity contribution is 0.427. The lowest BCUT2D eigenvalue weighted by Gasteiger charge is -2.07. The van der Waals surface area contributed by atoms with Gasteiger partial charge in [0, 0.05) is 0 Å². The molecule has 88 valence electrons.